The first-order chi connectivity index (χ1) is 8.38. The molecule has 0 unspecified atom stereocenters. The second-order valence-corrected chi connectivity index (χ2v) is 6.44. The van der Waals surface area contributed by atoms with Crippen molar-refractivity contribution in [2.24, 2.45) is 5.14 Å². The van der Waals surface area contributed by atoms with Gasteiger partial charge in [-0.25, -0.2) is 17.9 Å². The summed E-state index contributed by atoms with van der Waals surface area (Å²) in [6.07, 6.45) is 1.97. The zero-order valence-electron chi connectivity index (χ0n) is 9.73. The summed E-state index contributed by atoms with van der Waals surface area (Å²) in [4.78, 5) is 0. The van der Waals surface area contributed by atoms with E-state index in [-0.39, 0.29) is 11.6 Å². The first-order valence-corrected chi connectivity index (χ1v) is 7.97. The fourth-order valence-corrected chi connectivity index (χ4v) is 2.30. The van der Waals surface area contributed by atoms with Crippen LogP contribution in [-0.2, 0) is 10.0 Å². The van der Waals surface area contributed by atoms with Crippen molar-refractivity contribution in [2.75, 3.05) is 12.4 Å². The third-order valence-electron chi connectivity index (χ3n) is 2.23. The predicted molar refractivity (Wildman–Crippen MR) is 71.4 cm³/mol. The third-order valence-corrected chi connectivity index (χ3v) is 3.70. The Balaban J connectivity index is 2.20. The molecule has 1 rings (SSSR count). The molecule has 0 saturated carbocycles. The Hall–Kier alpha value is -0.660. The number of nitrogens with two attached hydrogens (primary N) is 1. The zero-order chi connectivity index (χ0) is 13.6. The fraction of sp³-hybridized carbons (Fsp3) is 0.455. The molecule has 0 bridgehead atoms. The van der Waals surface area contributed by atoms with E-state index >= 15 is 0 Å². The van der Waals surface area contributed by atoms with Gasteiger partial charge in [0, 0.05) is 0 Å². The van der Waals surface area contributed by atoms with Gasteiger partial charge in [0.2, 0.25) is 10.0 Å². The molecule has 2 N–H and O–H groups in total. The highest BCUT2D eigenvalue weighted by Crippen LogP contribution is 2.21. The quantitative estimate of drug-likeness (QED) is 0.775. The van der Waals surface area contributed by atoms with Crippen molar-refractivity contribution in [2.45, 2.75) is 19.3 Å². The van der Waals surface area contributed by atoms with Gasteiger partial charge in [-0.15, -0.1) is 0 Å². The lowest BCUT2D eigenvalue weighted by Gasteiger charge is -2.06. The molecule has 0 amide bonds. The Bertz CT molecular complexity index is 493. The second kappa shape index (κ2) is 7.06. The van der Waals surface area contributed by atoms with E-state index in [2.05, 4.69) is 15.9 Å². The molecule has 0 heterocycles. The number of sulfonamides is 1. The molecule has 0 saturated heterocycles. The van der Waals surface area contributed by atoms with Crippen molar-refractivity contribution < 1.29 is 17.5 Å². The summed E-state index contributed by atoms with van der Waals surface area (Å²) < 4.78 is 40.0. The van der Waals surface area contributed by atoms with Gasteiger partial charge in [0.25, 0.3) is 0 Å². The summed E-state index contributed by atoms with van der Waals surface area (Å²) in [6.45, 7) is 0.461. The minimum absolute atomic E-state index is 0.00486. The molecule has 0 aromatic heterocycles. The smallest absolute Gasteiger partial charge is 0.209 e. The van der Waals surface area contributed by atoms with Crippen LogP contribution in [0, 0.1) is 5.82 Å². The minimum atomic E-state index is -3.36. The summed E-state index contributed by atoms with van der Waals surface area (Å²) in [6, 6.07) is 4.42. The Morgan fingerprint density at radius 1 is 1.28 bits per heavy atom. The maximum absolute atomic E-state index is 12.9. The van der Waals surface area contributed by atoms with Gasteiger partial charge in [-0.2, -0.15) is 0 Å². The molecule has 1 aromatic carbocycles. The number of benzene rings is 1. The maximum Gasteiger partial charge on any atom is 0.209 e. The van der Waals surface area contributed by atoms with Crippen LogP contribution in [0.25, 0.3) is 0 Å². The van der Waals surface area contributed by atoms with Crippen molar-refractivity contribution in [3.05, 3.63) is 28.5 Å². The van der Waals surface area contributed by atoms with Crippen LogP contribution >= 0.6 is 15.9 Å². The van der Waals surface area contributed by atoms with Crippen LogP contribution in [0.3, 0.4) is 0 Å². The summed E-state index contributed by atoms with van der Waals surface area (Å²) in [7, 11) is -3.36. The van der Waals surface area contributed by atoms with Crippen molar-refractivity contribution >= 4 is 26.0 Å². The van der Waals surface area contributed by atoms with E-state index in [4.69, 9.17) is 9.88 Å². The van der Waals surface area contributed by atoms with Crippen LogP contribution in [0.15, 0.2) is 22.7 Å². The van der Waals surface area contributed by atoms with Gasteiger partial charge in [0.15, 0.2) is 0 Å². The summed E-state index contributed by atoms with van der Waals surface area (Å²) >= 11 is 3.07. The Morgan fingerprint density at radius 3 is 2.61 bits per heavy atom. The third kappa shape index (κ3) is 6.32. The fourth-order valence-electron chi connectivity index (χ4n) is 1.34. The van der Waals surface area contributed by atoms with Crippen LogP contribution in [0.1, 0.15) is 19.3 Å². The lowest BCUT2D eigenvalue weighted by molar-refractivity contribution is 0.305. The van der Waals surface area contributed by atoms with Crippen molar-refractivity contribution in [3.63, 3.8) is 0 Å². The van der Waals surface area contributed by atoms with E-state index in [9.17, 15) is 12.8 Å². The normalized spacial score (nSPS) is 11.5. The maximum atomic E-state index is 12.9. The SMILES string of the molecule is NS(=O)(=O)CCCCCOc1ccc(F)c(Br)c1. The van der Waals surface area contributed by atoms with Gasteiger partial charge in [-0.05, 0) is 53.4 Å². The molecule has 102 valence electrons. The summed E-state index contributed by atoms with van der Waals surface area (Å²) in [5.41, 5.74) is 0. The Labute approximate surface area is 115 Å². The Morgan fingerprint density at radius 2 is 2.00 bits per heavy atom. The minimum Gasteiger partial charge on any atom is -0.494 e. The molecule has 0 aliphatic heterocycles. The first-order valence-electron chi connectivity index (χ1n) is 5.47. The number of rotatable bonds is 7. The number of hydrogen-bond acceptors (Lipinski definition) is 3. The number of primary sulfonamides is 1. The van der Waals surface area contributed by atoms with E-state index in [1.807, 2.05) is 0 Å². The topological polar surface area (TPSA) is 69.4 Å². The number of unbranched alkanes of at least 4 members (excludes halogenated alkanes) is 2. The predicted octanol–water partition coefficient (Wildman–Crippen LogP) is 2.43. The van der Waals surface area contributed by atoms with Crippen molar-refractivity contribution in [1.29, 1.82) is 0 Å². The van der Waals surface area contributed by atoms with Gasteiger partial charge < -0.3 is 4.74 Å². The Kier molecular flexibility index (Phi) is 6.04. The summed E-state index contributed by atoms with van der Waals surface area (Å²) in [5.74, 6) is 0.236. The van der Waals surface area contributed by atoms with E-state index in [1.54, 1.807) is 12.1 Å². The van der Waals surface area contributed by atoms with E-state index in [1.165, 1.54) is 6.07 Å². The molecule has 0 atom stereocenters. The molecule has 7 heteroatoms. The number of hydrogen-bond donors (Lipinski definition) is 1. The molecule has 0 spiro atoms. The molecule has 4 nitrogen and oxygen atoms in total. The monoisotopic (exact) mass is 339 g/mol. The van der Waals surface area contributed by atoms with Crippen LogP contribution in [0.5, 0.6) is 5.75 Å². The van der Waals surface area contributed by atoms with Crippen LogP contribution < -0.4 is 9.88 Å². The molecular formula is C11H15BrFNO3S. The van der Waals surface area contributed by atoms with Crippen LogP contribution in [-0.4, -0.2) is 20.8 Å². The van der Waals surface area contributed by atoms with E-state index in [0.717, 1.165) is 12.8 Å². The van der Waals surface area contributed by atoms with Crippen LogP contribution in [0.4, 0.5) is 4.39 Å². The molecule has 0 fully saturated rings. The molecule has 1 aromatic rings. The van der Waals surface area contributed by atoms with Crippen molar-refractivity contribution in [1.82, 2.24) is 0 Å². The zero-order valence-corrected chi connectivity index (χ0v) is 12.1. The second-order valence-electron chi connectivity index (χ2n) is 3.85. The molecule has 0 radical (unpaired) electrons. The standard InChI is InChI=1S/C11H15BrFNO3S/c12-10-8-9(4-5-11(10)13)17-6-2-1-3-7-18(14,15)16/h4-5,8H,1-3,6-7H2,(H2,14,15,16). The summed E-state index contributed by atoms with van der Waals surface area (Å²) in [5, 5.41) is 4.87. The van der Waals surface area contributed by atoms with Gasteiger partial charge >= 0.3 is 0 Å². The number of ether oxygens (including phenoxy) is 1. The van der Waals surface area contributed by atoms with Gasteiger partial charge in [0.1, 0.15) is 11.6 Å². The molecule has 0 aliphatic carbocycles. The van der Waals surface area contributed by atoms with Gasteiger partial charge in [-0.1, -0.05) is 0 Å². The van der Waals surface area contributed by atoms with Gasteiger partial charge in [0.05, 0.1) is 16.8 Å². The van der Waals surface area contributed by atoms with E-state index < -0.39 is 10.0 Å². The highest BCUT2D eigenvalue weighted by molar-refractivity contribution is 9.10. The highest BCUT2D eigenvalue weighted by Gasteiger charge is 2.03. The highest BCUT2D eigenvalue weighted by atomic mass is 79.9. The molecular weight excluding hydrogens is 325 g/mol. The van der Waals surface area contributed by atoms with Crippen LogP contribution in [0.2, 0.25) is 0 Å². The largest absolute Gasteiger partial charge is 0.494 e. The average Bonchev–Trinajstić information content (AvgIpc) is 2.26. The molecule has 18 heavy (non-hydrogen) atoms. The lowest BCUT2D eigenvalue weighted by atomic mass is 10.2. The first kappa shape index (κ1) is 15.4. The van der Waals surface area contributed by atoms with Crippen molar-refractivity contribution in [3.8, 4) is 5.75 Å². The average molecular weight is 340 g/mol. The lowest BCUT2D eigenvalue weighted by Crippen LogP contribution is -2.16. The molecule has 0 aliphatic rings. The number of halogens is 2. The van der Waals surface area contributed by atoms with E-state index in [0.29, 0.717) is 23.2 Å². The van der Waals surface area contributed by atoms with Gasteiger partial charge in [-0.3, -0.25) is 0 Å².